The minimum atomic E-state index is -0.257. The van der Waals surface area contributed by atoms with Crippen molar-refractivity contribution in [1.82, 2.24) is 0 Å². The molecule has 80 valence electrons. The van der Waals surface area contributed by atoms with Crippen molar-refractivity contribution >= 4 is 17.4 Å². The molecule has 4 N–H and O–H groups in total. The third kappa shape index (κ3) is 3.81. The molecule has 0 aliphatic heterocycles. The lowest BCUT2D eigenvalue weighted by Gasteiger charge is -2.06. The number of hydrogen-bond donors (Lipinski definition) is 3. The van der Waals surface area contributed by atoms with E-state index in [4.69, 9.17) is 11.1 Å². The summed E-state index contributed by atoms with van der Waals surface area (Å²) >= 11 is 0. The summed E-state index contributed by atoms with van der Waals surface area (Å²) in [4.78, 5) is 11.3. The maximum absolute atomic E-state index is 11.3. The third-order valence-electron chi connectivity index (χ3n) is 1.86. The fourth-order valence-electron chi connectivity index (χ4n) is 1.43. The fourth-order valence-corrected chi connectivity index (χ4v) is 1.43. The molecule has 1 aromatic carbocycles. The Balaban J connectivity index is 2.72. The zero-order chi connectivity index (χ0) is 11.4. The Kier molecular flexibility index (Phi) is 3.44. The van der Waals surface area contributed by atoms with Crippen molar-refractivity contribution in [3.8, 4) is 0 Å². The molecular formula is C11H15N3O. The molecule has 0 heterocycles. The normalized spacial score (nSPS) is 9.73. The van der Waals surface area contributed by atoms with Crippen molar-refractivity contribution in [3.05, 3.63) is 29.3 Å². The predicted octanol–water partition coefficient (Wildman–Crippen LogP) is 1.57. The second-order valence-corrected chi connectivity index (χ2v) is 3.63. The summed E-state index contributed by atoms with van der Waals surface area (Å²) in [6, 6.07) is 5.79. The Morgan fingerprint density at radius 2 is 1.87 bits per heavy atom. The van der Waals surface area contributed by atoms with Gasteiger partial charge in [0.05, 0.1) is 6.42 Å². The van der Waals surface area contributed by atoms with Crippen LogP contribution in [0, 0.1) is 19.3 Å². The summed E-state index contributed by atoms with van der Waals surface area (Å²) in [5.74, 6) is -0.385. The zero-order valence-corrected chi connectivity index (χ0v) is 8.92. The van der Waals surface area contributed by atoms with E-state index in [2.05, 4.69) is 5.32 Å². The number of aryl methyl sites for hydroxylation is 2. The van der Waals surface area contributed by atoms with Crippen molar-refractivity contribution in [2.24, 2.45) is 5.73 Å². The van der Waals surface area contributed by atoms with Gasteiger partial charge in [0.25, 0.3) is 0 Å². The molecule has 0 aliphatic carbocycles. The molecule has 0 radical (unpaired) electrons. The van der Waals surface area contributed by atoms with Gasteiger partial charge in [0.15, 0.2) is 0 Å². The molecule has 0 unspecified atom stereocenters. The number of hydrogen-bond acceptors (Lipinski definition) is 2. The Morgan fingerprint density at radius 1 is 1.33 bits per heavy atom. The van der Waals surface area contributed by atoms with Crippen LogP contribution in [0.2, 0.25) is 0 Å². The van der Waals surface area contributed by atoms with Gasteiger partial charge in [-0.25, -0.2) is 0 Å². The van der Waals surface area contributed by atoms with Crippen LogP contribution < -0.4 is 11.1 Å². The van der Waals surface area contributed by atoms with Crippen LogP contribution in [0.15, 0.2) is 18.2 Å². The van der Waals surface area contributed by atoms with E-state index in [0.29, 0.717) is 0 Å². The van der Waals surface area contributed by atoms with Crippen LogP contribution in [-0.2, 0) is 4.79 Å². The van der Waals surface area contributed by atoms with Gasteiger partial charge >= 0.3 is 0 Å². The summed E-state index contributed by atoms with van der Waals surface area (Å²) in [6.07, 6.45) is -0.0625. The minimum Gasteiger partial charge on any atom is -0.387 e. The number of carbonyl (C=O) groups is 1. The number of anilines is 1. The first-order valence-electron chi connectivity index (χ1n) is 4.68. The molecule has 0 aliphatic rings. The van der Waals surface area contributed by atoms with E-state index in [1.54, 1.807) is 0 Å². The van der Waals surface area contributed by atoms with E-state index in [9.17, 15) is 4.79 Å². The van der Waals surface area contributed by atoms with Gasteiger partial charge < -0.3 is 11.1 Å². The molecule has 0 bridgehead atoms. The SMILES string of the molecule is Cc1cc(C)cc(NC(=O)CC(=N)N)c1. The molecule has 4 heteroatoms. The van der Waals surface area contributed by atoms with Gasteiger partial charge in [0.2, 0.25) is 5.91 Å². The first kappa shape index (κ1) is 11.2. The summed E-state index contributed by atoms with van der Waals surface area (Å²) in [5, 5.41) is 9.69. The highest BCUT2D eigenvalue weighted by Crippen LogP contribution is 2.13. The molecule has 0 atom stereocenters. The number of rotatable bonds is 3. The van der Waals surface area contributed by atoms with Gasteiger partial charge in [0, 0.05) is 5.69 Å². The molecule has 0 fully saturated rings. The number of amides is 1. The lowest BCUT2D eigenvalue weighted by atomic mass is 10.1. The van der Waals surface area contributed by atoms with Crippen LogP contribution in [-0.4, -0.2) is 11.7 Å². The van der Waals surface area contributed by atoms with Crippen molar-refractivity contribution in [2.45, 2.75) is 20.3 Å². The van der Waals surface area contributed by atoms with Crippen LogP contribution in [0.4, 0.5) is 5.69 Å². The first-order valence-corrected chi connectivity index (χ1v) is 4.68. The Bertz CT molecular complexity index is 379. The molecule has 15 heavy (non-hydrogen) atoms. The number of benzene rings is 1. The molecule has 0 saturated carbocycles. The molecule has 0 spiro atoms. The average Bonchev–Trinajstić information content (AvgIpc) is 1.98. The monoisotopic (exact) mass is 205 g/mol. The van der Waals surface area contributed by atoms with Gasteiger partial charge in [-0.1, -0.05) is 6.07 Å². The van der Waals surface area contributed by atoms with Crippen molar-refractivity contribution in [1.29, 1.82) is 5.41 Å². The largest absolute Gasteiger partial charge is 0.387 e. The predicted molar refractivity (Wildman–Crippen MR) is 61.1 cm³/mol. The van der Waals surface area contributed by atoms with E-state index in [-0.39, 0.29) is 18.2 Å². The highest BCUT2D eigenvalue weighted by atomic mass is 16.1. The quantitative estimate of drug-likeness (QED) is 0.517. The van der Waals surface area contributed by atoms with E-state index in [1.165, 1.54) is 0 Å². The number of nitrogens with two attached hydrogens (primary N) is 1. The Hall–Kier alpha value is -1.84. The van der Waals surface area contributed by atoms with Crippen LogP contribution in [0.3, 0.4) is 0 Å². The Labute approximate surface area is 89.0 Å². The third-order valence-corrected chi connectivity index (χ3v) is 1.86. The topological polar surface area (TPSA) is 79.0 Å². The Morgan fingerprint density at radius 3 is 2.33 bits per heavy atom. The maximum Gasteiger partial charge on any atom is 0.231 e. The van der Waals surface area contributed by atoms with Gasteiger partial charge in [0.1, 0.15) is 5.84 Å². The lowest BCUT2D eigenvalue weighted by molar-refractivity contribution is -0.115. The molecule has 4 nitrogen and oxygen atoms in total. The molecule has 0 aromatic heterocycles. The minimum absolute atomic E-state index is 0.0625. The molecule has 0 saturated heterocycles. The second-order valence-electron chi connectivity index (χ2n) is 3.63. The van der Waals surface area contributed by atoms with Gasteiger partial charge in [-0.2, -0.15) is 0 Å². The average molecular weight is 205 g/mol. The van der Waals surface area contributed by atoms with Gasteiger partial charge in [-0.3, -0.25) is 10.2 Å². The van der Waals surface area contributed by atoms with Gasteiger partial charge in [-0.15, -0.1) is 0 Å². The summed E-state index contributed by atoms with van der Waals surface area (Å²) in [5.41, 5.74) is 8.06. The smallest absolute Gasteiger partial charge is 0.231 e. The highest BCUT2D eigenvalue weighted by molar-refractivity contribution is 6.03. The van der Waals surface area contributed by atoms with Gasteiger partial charge in [-0.05, 0) is 37.1 Å². The van der Waals surface area contributed by atoms with Crippen LogP contribution in [0.1, 0.15) is 17.5 Å². The van der Waals surface area contributed by atoms with Crippen molar-refractivity contribution in [3.63, 3.8) is 0 Å². The van der Waals surface area contributed by atoms with Crippen molar-refractivity contribution in [2.75, 3.05) is 5.32 Å². The lowest BCUT2D eigenvalue weighted by Crippen LogP contribution is -2.21. The number of carbonyl (C=O) groups excluding carboxylic acids is 1. The van der Waals surface area contributed by atoms with Crippen LogP contribution in [0.5, 0.6) is 0 Å². The first-order chi connectivity index (χ1) is 6.97. The van der Waals surface area contributed by atoms with E-state index >= 15 is 0 Å². The molecule has 1 amide bonds. The number of nitrogens with one attached hydrogen (secondary N) is 2. The molecule has 1 rings (SSSR count). The van der Waals surface area contributed by atoms with Crippen LogP contribution >= 0.6 is 0 Å². The van der Waals surface area contributed by atoms with E-state index in [0.717, 1.165) is 16.8 Å². The second kappa shape index (κ2) is 4.59. The molecule has 1 aromatic rings. The summed E-state index contributed by atoms with van der Waals surface area (Å²) < 4.78 is 0. The van der Waals surface area contributed by atoms with Crippen molar-refractivity contribution < 1.29 is 4.79 Å². The van der Waals surface area contributed by atoms with E-state index in [1.807, 2.05) is 32.0 Å². The van der Waals surface area contributed by atoms with E-state index < -0.39 is 0 Å². The fraction of sp³-hybridized carbons (Fsp3) is 0.273. The number of amidine groups is 1. The maximum atomic E-state index is 11.3. The summed E-state index contributed by atoms with van der Waals surface area (Å²) in [6.45, 7) is 3.93. The zero-order valence-electron chi connectivity index (χ0n) is 8.92. The standard InChI is InChI=1S/C11H15N3O/c1-7-3-8(2)5-9(4-7)14-11(15)6-10(12)13/h3-5H,6H2,1-2H3,(H3,12,13)(H,14,15). The summed E-state index contributed by atoms with van der Waals surface area (Å²) in [7, 11) is 0. The highest BCUT2D eigenvalue weighted by Gasteiger charge is 2.04. The molecular weight excluding hydrogens is 190 g/mol. The van der Waals surface area contributed by atoms with Crippen LogP contribution in [0.25, 0.3) is 0 Å².